The fourth-order valence-electron chi connectivity index (χ4n) is 2.64. The van der Waals surface area contributed by atoms with Gasteiger partial charge in [-0.3, -0.25) is 9.67 Å². The Morgan fingerprint density at radius 2 is 1.96 bits per heavy atom. The van der Waals surface area contributed by atoms with E-state index in [1.807, 2.05) is 43.6 Å². The number of carbonyl (C=O) groups is 1. The van der Waals surface area contributed by atoms with Crippen molar-refractivity contribution in [1.82, 2.24) is 20.1 Å². The molecule has 0 bridgehead atoms. The molecule has 2 heterocycles. The Morgan fingerprint density at radius 1 is 1.14 bits per heavy atom. The lowest BCUT2D eigenvalue weighted by atomic mass is 10.1. The van der Waals surface area contributed by atoms with Crippen LogP contribution in [0.1, 0.15) is 25.3 Å². The van der Waals surface area contributed by atoms with Gasteiger partial charge in [0.05, 0.1) is 12.8 Å². The molecule has 1 aromatic carbocycles. The summed E-state index contributed by atoms with van der Waals surface area (Å²) in [6, 6.07) is 9.08. The van der Waals surface area contributed by atoms with Crippen molar-refractivity contribution in [3.8, 4) is 16.9 Å². The number of anilines is 1. The molecule has 0 radical (unpaired) electrons. The molecule has 2 N–H and O–H groups in total. The lowest BCUT2D eigenvalue weighted by Gasteiger charge is -2.09. The molecule has 0 atom stereocenters. The van der Waals surface area contributed by atoms with Crippen molar-refractivity contribution in [2.45, 2.75) is 26.3 Å². The standard InChI is InChI=1S/C21H25N5O2/c1-3-4-9-28-20-7-5-19(6-8-20)25-21(27)23-12-16-10-17(13-22-11-16)18-14-24-26(2)15-18/h5-8,10-11,13-15H,3-4,9,12H2,1-2H3,(H2,23,25,27). The molecule has 0 aliphatic rings. The molecule has 7 heteroatoms. The normalized spacial score (nSPS) is 10.5. The number of unbranched alkanes of at least 4 members (excludes halogenated alkanes) is 1. The molecule has 0 saturated carbocycles. The number of amides is 2. The second kappa shape index (κ2) is 9.55. The summed E-state index contributed by atoms with van der Waals surface area (Å²) in [7, 11) is 1.87. The van der Waals surface area contributed by atoms with E-state index in [1.54, 1.807) is 23.3 Å². The lowest BCUT2D eigenvalue weighted by Crippen LogP contribution is -2.28. The molecule has 2 aromatic heterocycles. The number of hydrogen-bond donors (Lipinski definition) is 2. The summed E-state index contributed by atoms with van der Waals surface area (Å²) in [4.78, 5) is 16.4. The van der Waals surface area contributed by atoms with Gasteiger partial charge in [0.15, 0.2) is 0 Å². The van der Waals surface area contributed by atoms with Crippen molar-refractivity contribution < 1.29 is 9.53 Å². The molecule has 0 fully saturated rings. The first kappa shape index (κ1) is 19.4. The van der Waals surface area contributed by atoms with E-state index in [0.717, 1.165) is 35.3 Å². The first-order valence-electron chi connectivity index (χ1n) is 9.34. The third-order valence-corrected chi connectivity index (χ3v) is 4.16. The van der Waals surface area contributed by atoms with Crippen molar-refractivity contribution in [2.75, 3.05) is 11.9 Å². The van der Waals surface area contributed by atoms with Gasteiger partial charge in [0.25, 0.3) is 0 Å². The van der Waals surface area contributed by atoms with Gasteiger partial charge in [-0.05, 0) is 42.3 Å². The number of nitrogens with one attached hydrogen (secondary N) is 2. The van der Waals surface area contributed by atoms with Crippen LogP contribution in [-0.2, 0) is 13.6 Å². The van der Waals surface area contributed by atoms with Gasteiger partial charge in [0.2, 0.25) is 0 Å². The number of ether oxygens (including phenoxy) is 1. The number of pyridine rings is 1. The molecule has 2 amide bonds. The van der Waals surface area contributed by atoms with Crippen molar-refractivity contribution in [3.63, 3.8) is 0 Å². The van der Waals surface area contributed by atoms with Gasteiger partial charge >= 0.3 is 6.03 Å². The Bertz CT molecular complexity index is 905. The van der Waals surface area contributed by atoms with Crippen LogP contribution in [-0.4, -0.2) is 27.4 Å². The fraction of sp³-hybridized carbons (Fsp3) is 0.286. The minimum Gasteiger partial charge on any atom is -0.494 e. The van der Waals surface area contributed by atoms with Gasteiger partial charge in [0.1, 0.15) is 5.75 Å². The Balaban J connectivity index is 1.50. The van der Waals surface area contributed by atoms with E-state index in [1.165, 1.54) is 0 Å². The monoisotopic (exact) mass is 379 g/mol. The Labute approximate surface area is 164 Å². The van der Waals surface area contributed by atoms with Gasteiger partial charge in [0, 0.05) is 49.0 Å². The zero-order valence-corrected chi connectivity index (χ0v) is 16.2. The summed E-state index contributed by atoms with van der Waals surface area (Å²) >= 11 is 0. The van der Waals surface area contributed by atoms with Crippen LogP contribution in [0.2, 0.25) is 0 Å². The molecule has 28 heavy (non-hydrogen) atoms. The van der Waals surface area contributed by atoms with Gasteiger partial charge in [-0.25, -0.2) is 4.79 Å². The molecular formula is C21H25N5O2. The molecule has 3 aromatic rings. The number of carbonyl (C=O) groups excluding carboxylic acids is 1. The Hall–Kier alpha value is -3.35. The molecule has 0 unspecified atom stereocenters. The van der Waals surface area contributed by atoms with Gasteiger partial charge < -0.3 is 15.4 Å². The smallest absolute Gasteiger partial charge is 0.319 e. The summed E-state index contributed by atoms with van der Waals surface area (Å²) < 4.78 is 7.36. The summed E-state index contributed by atoms with van der Waals surface area (Å²) in [5, 5.41) is 9.83. The highest BCUT2D eigenvalue weighted by molar-refractivity contribution is 5.89. The van der Waals surface area contributed by atoms with Crippen molar-refractivity contribution in [3.05, 3.63) is 60.7 Å². The Kier molecular flexibility index (Phi) is 6.62. The fourth-order valence-corrected chi connectivity index (χ4v) is 2.64. The van der Waals surface area contributed by atoms with E-state index < -0.39 is 0 Å². The number of aryl methyl sites for hydroxylation is 1. The number of aromatic nitrogens is 3. The van der Waals surface area contributed by atoms with Crippen LogP contribution < -0.4 is 15.4 Å². The SMILES string of the molecule is CCCCOc1ccc(NC(=O)NCc2cncc(-c3cnn(C)c3)c2)cc1. The number of urea groups is 1. The molecule has 0 saturated heterocycles. The van der Waals surface area contributed by atoms with Crippen molar-refractivity contribution in [1.29, 1.82) is 0 Å². The molecule has 7 nitrogen and oxygen atoms in total. The summed E-state index contributed by atoms with van der Waals surface area (Å²) in [5.41, 5.74) is 3.58. The van der Waals surface area contributed by atoms with E-state index in [0.29, 0.717) is 18.8 Å². The molecule has 146 valence electrons. The zero-order chi connectivity index (χ0) is 19.8. The third kappa shape index (κ3) is 5.57. The summed E-state index contributed by atoms with van der Waals surface area (Å²) in [6.45, 7) is 3.21. The number of benzene rings is 1. The lowest BCUT2D eigenvalue weighted by molar-refractivity contribution is 0.251. The van der Waals surface area contributed by atoms with Crippen LogP contribution in [0.5, 0.6) is 5.75 Å². The number of nitrogens with zero attached hydrogens (tertiary/aromatic N) is 3. The second-order valence-electron chi connectivity index (χ2n) is 6.52. The zero-order valence-electron chi connectivity index (χ0n) is 16.2. The van der Waals surface area contributed by atoms with Gasteiger partial charge in [-0.15, -0.1) is 0 Å². The van der Waals surface area contributed by atoms with E-state index >= 15 is 0 Å². The number of rotatable bonds is 8. The van der Waals surface area contributed by atoms with Crippen molar-refractivity contribution in [2.24, 2.45) is 7.05 Å². The van der Waals surface area contributed by atoms with Crippen LogP contribution in [0.3, 0.4) is 0 Å². The average Bonchev–Trinajstić information content (AvgIpc) is 3.15. The molecule has 3 rings (SSSR count). The highest BCUT2D eigenvalue weighted by Gasteiger charge is 2.05. The maximum Gasteiger partial charge on any atom is 0.319 e. The largest absolute Gasteiger partial charge is 0.494 e. The first-order chi connectivity index (χ1) is 13.6. The maximum atomic E-state index is 12.2. The minimum absolute atomic E-state index is 0.272. The highest BCUT2D eigenvalue weighted by atomic mass is 16.5. The van der Waals surface area contributed by atoms with E-state index in [9.17, 15) is 4.79 Å². The van der Waals surface area contributed by atoms with Crippen LogP contribution in [0.15, 0.2) is 55.1 Å². The Morgan fingerprint density at radius 3 is 2.68 bits per heavy atom. The van der Waals surface area contributed by atoms with Crippen LogP contribution in [0.4, 0.5) is 10.5 Å². The highest BCUT2D eigenvalue weighted by Crippen LogP contribution is 2.18. The van der Waals surface area contributed by atoms with E-state index in [2.05, 4.69) is 27.6 Å². The molecule has 0 aliphatic carbocycles. The summed E-state index contributed by atoms with van der Waals surface area (Å²) in [5.74, 6) is 0.803. The van der Waals surface area contributed by atoms with Crippen LogP contribution in [0.25, 0.3) is 11.1 Å². The molecule has 0 aliphatic heterocycles. The van der Waals surface area contributed by atoms with Gasteiger partial charge in [-0.2, -0.15) is 5.10 Å². The number of hydrogen-bond acceptors (Lipinski definition) is 4. The van der Waals surface area contributed by atoms with E-state index in [4.69, 9.17) is 4.74 Å². The molecular weight excluding hydrogens is 354 g/mol. The predicted octanol–water partition coefficient (Wildman–Crippen LogP) is 3.98. The minimum atomic E-state index is -0.272. The third-order valence-electron chi connectivity index (χ3n) is 4.16. The second-order valence-corrected chi connectivity index (χ2v) is 6.52. The average molecular weight is 379 g/mol. The molecule has 0 spiro atoms. The first-order valence-corrected chi connectivity index (χ1v) is 9.34. The topological polar surface area (TPSA) is 81.1 Å². The summed E-state index contributed by atoms with van der Waals surface area (Å²) in [6.07, 6.45) is 9.36. The van der Waals surface area contributed by atoms with Gasteiger partial charge in [-0.1, -0.05) is 13.3 Å². The van der Waals surface area contributed by atoms with E-state index in [-0.39, 0.29) is 6.03 Å². The predicted molar refractivity (Wildman–Crippen MR) is 109 cm³/mol. The maximum absolute atomic E-state index is 12.2. The van der Waals surface area contributed by atoms with Crippen LogP contribution in [0, 0.1) is 0 Å². The quantitative estimate of drug-likeness (QED) is 0.580. The van der Waals surface area contributed by atoms with Crippen LogP contribution >= 0.6 is 0 Å². The van der Waals surface area contributed by atoms with Crippen molar-refractivity contribution >= 4 is 11.7 Å².